The molecule has 1 rings (SSSR count). The Kier molecular flexibility index (Phi) is 5.48. The summed E-state index contributed by atoms with van der Waals surface area (Å²) >= 11 is 0. The fraction of sp³-hybridized carbons (Fsp3) is 0.533. The molecule has 0 heterocycles. The maximum absolute atomic E-state index is 13.9. The first kappa shape index (κ1) is 16.4. The molecule has 0 radical (unpaired) electrons. The first-order chi connectivity index (χ1) is 9.23. The number of carbonyl (C=O) groups is 1. The number of carbonyl (C=O) groups excluding carboxylic acids is 1. The maximum atomic E-state index is 13.9. The second kappa shape index (κ2) is 6.68. The predicted octanol–water partition coefficient (Wildman–Crippen LogP) is 3.30. The molecule has 20 heavy (non-hydrogen) atoms. The van der Waals surface area contributed by atoms with E-state index in [0.29, 0.717) is 13.1 Å². The smallest absolute Gasteiger partial charge is 0.259 e. The number of halogens is 2. The Hall–Kier alpha value is -1.65. The number of nitrogens with two attached hydrogens (primary N) is 1. The monoisotopic (exact) mass is 284 g/mol. The highest BCUT2D eigenvalue weighted by atomic mass is 19.1. The summed E-state index contributed by atoms with van der Waals surface area (Å²) in [5, 5.41) is 0. The van der Waals surface area contributed by atoms with Gasteiger partial charge >= 0.3 is 0 Å². The Bertz CT molecular complexity index is 477. The van der Waals surface area contributed by atoms with E-state index in [9.17, 15) is 13.6 Å². The molecule has 0 aliphatic rings. The van der Waals surface area contributed by atoms with Crippen molar-refractivity contribution in [1.82, 2.24) is 4.90 Å². The van der Waals surface area contributed by atoms with Crippen LogP contribution in [0.2, 0.25) is 0 Å². The van der Waals surface area contributed by atoms with Gasteiger partial charge in [0.2, 0.25) is 0 Å². The lowest BCUT2D eigenvalue weighted by Crippen LogP contribution is -2.38. The van der Waals surface area contributed by atoms with Crippen LogP contribution in [0.25, 0.3) is 0 Å². The van der Waals surface area contributed by atoms with E-state index in [0.717, 1.165) is 12.1 Å². The van der Waals surface area contributed by atoms with Gasteiger partial charge < -0.3 is 10.6 Å². The van der Waals surface area contributed by atoms with Gasteiger partial charge in [-0.1, -0.05) is 27.7 Å². The van der Waals surface area contributed by atoms with Crippen molar-refractivity contribution in [2.24, 2.45) is 11.8 Å². The van der Waals surface area contributed by atoms with Crippen LogP contribution in [-0.4, -0.2) is 23.9 Å². The third-order valence-electron chi connectivity index (χ3n) is 2.79. The summed E-state index contributed by atoms with van der Waals surface area (Å²) in [4.78, 5) is 13.9. The first-order valence-electron chi connectivity index (χ1n) is 6.76. The van der Waals surface area contributed by atoms with Crippen molar-refractivity contribution < 1.29 is 13.6 Å². The number of amides is 1. The lowest BCUT2D eigenvalue weighted by atomic mass is 10.1. The van der Waals surface area contributed by atoms with Crippen LogP contribution in [-0.2, 0) is 0 Å². The van der Waals surface area contributed by atoms with E-state index in [1.807, 2.05) is 27.7 Å². The van der Waals surface area contributed by atoms with E-state index >= 15 is 0 Å². The fourth-order valence-corrected chi connectivity index (χ4v) is 2.04. The van der Waals surface area contributed by atoms with E-state index in [1.54, 1.807) is 0 Å². The molecule has 0 atom stereocenters. The van der Waals surface area contributed by atoms with Crippen LogP contribution in [0.3, 0.4) is 0 Å². The van der Waals surface area contributed by atoms with Gasteiger partial charge in [0.25, 0.3) is 5.91 Å². The minimum atomic E-state index is -0.979. The summed E-state index contributed by atoms with van der Waals surface area (Å²) in [5.41, 5.74) is 4.64. The molecular formula is C15H22F2N2O. The highest BCUT2D eigenvalue weighted by molar-refractivity contribution is 5.95. The fourth-order valence-electron chi connectivity index (χ4n) is 2.04. The highest BCUT2D eigenvalue weighted by Gasteiger charge is 2.25. The number of anilines is 1. The average molecular weight is 284 g/mol. The lowest BCUT2D eigenvalue weighted by molar-refractivity contribution is 0.0705. The van der Waals surface area contributed by atoms with Gasteiger partial charge in [-0.3, -0.25) is 4.79 Å². The van der Waals surface area contributed by atoms with Gasteiger partial charge in [0.15, 0.2) is 5.82 Å². The van der Waals surface area contributed by atoms with E-state index in [-0.39, 0.29) is 17.5 Å². The summed E-state index contributed by atoms with van der Waals surface area (Å²) < 4.78 is 27.7. The summed E-state index contributed by atoms with van der Waals surface area (Å²) in [7, 11) is 0. The molecule has 0 saturated heterocycles. The standard InChI is InChI=1S/C15H22F2N2O/c1-9(2)7-19(8-10(3)4)15(20)13-11(16)5-6-12(18)14(13)17/h5-6,9-10H,7-8,18H2,1-4H3. The number of rotatable bonds is 5. The van der Waals surface area contributed by atoms with Crippen LogP contribution in [0.5, 0.6) is 0 Å². The van der Waals surface area contributed by atoms with Crippen LogP contribution in [0.4, 0.5) is 14.5 Å². The van der Waals surface area contributed by atoms with Crippen molar-refractivity contribution in [3.8, 4) is 0 Å². The summed E-state index contributed by atoms with van der Waals surface area (Å²) in [6.07, 6.45) is 0. The number of nitrogen functional groups attached to an aromatic ring is 1. The summed E-state index contributed by atoms with van der Waals surface area (Å²) in [6.45, 7) is 8.70. The normalized spacial score (nSPS) is 11.2. The van der Waals surface area contributed by atoms with E-state index in [1.165, 1.54) is 4.90 Å². The van der Waals surface area contributed by atoms with Crippen LogP contribution in [0.1, 0.15) is 38.1 Å². The third kappa shape index (κ3) is 3.92. The maximum Gasteiger partial charge on any atom is 0.259 e. The van der Waals surface area contributed by atoms with E-state index in [4.69, 9.17) is 5.73 Å². The van der Waals surface area contributed by atoms with Gasteiger partial charge in [0, 0.05) is 13.1 Å². The van der Waals surface area contributed by atoms with Crippen molar-refractivity contribution in [3.05, 3.63) is 29.3 Å². The number of nitrogens with zero attached hydrogens (tertiary/aromatic N) is 1. The van der Waals surface area contributed by atoms with Crippen LogP contribution < -0.4 is 5.73 Å². The topological polar surface area (TPSA) is 46.3 Å². The number of hydrogen-bond donors (Lipinski definition) is 1. The van der Waals surface area contributed by atoms with Gasteiger partial charge in [-0.2, -0.15) is 0 Å². The average Bonchev–Trinajstić information content (AvgIpc) is 2.32. The van der Waals surface area contributed by atoms with Crippen molar-refractivity contribution in [2.75, 3.05) is 18.8 Å². The molecule has 0 aromatic heterocycles. The second-order valence-corrected chi connectivity index (χ2v) is 5.82. The molecule has 3 nitrogen and oxygen atoms in total. The third-order valence-corrected chi connectivity index (χ3v) is 2.79. The Morgan fingerprint density at radius 2 is 1.65 bits per heavy atom. The minimum Gasteiger partial charge on any atom is -0.396 e. The molecular weight excluding hydrogens is 262 g/mol. The zero-order valence-corrected chi connectivity index (χ0v) is 12.4. The largest absolute Gasteiger partial charge is 0.396 e. The zero-order valence-electron chi connectivity index (χ0n) is 12.4. The molecule has 0 fully saturated rings. The molecule has 1 amide bonds. The summed E-state index contributed by atoms with van der Waals surface area (Å²) in [6, 6.07) is 2.14. The van der Waals surface area contributed by atoms with Crippen molar-refractivity contribution >= 4 is 11.6 Å². The van der Waals surface area contributed by atoms with Crippen LogP contribution in [0.15, 0.2) is 12.1 Å². The van der Waals surface area contributed by atoms with E-state index < -0.39 is 23.1 Å². The number of benzene rings is 1. The highest BCUT2D eigenvalue weighted by Crippen LogP contribution is 2.21. The van der Waals surface area contributed by atoms with Crippen molar-refractivity contribution in [1.29, 1.82) is 0 Å². The van der Waals surface area contributed by atoms with Crippen molar-refractivity contribution in [3.63, 3.8) is 0 Å². The van der Waals surface area contributed by atoms with Gasteiger partial charge in [-0.05, 0) is 24.0 Å². The quantitative estimate of drug-likeness (QED) is 0.843. The lowest BCUT2D eigenvalue weighted by Gasteiger charge is -2.27. The molecule has 1 aromatic carbocycles. The number of hydrogen-bond acceptors (Lipinski definition) is 2. The second-order valence-electron chi connectivity index (χ2n) is 5.82. The Labute approximate surface area is 118 Å². The van der Waals surface area contributed by atoms with Gasteiger partial charge in [0.1, 0.15) is 11.4 Å². The van der Waals surface area contributed by atoms with Crippen molar-refractivity contribution in [2.45, 2.75) is 27.7 Å². The molecule has 5 heteroatoms. The predicted molar refractivity (Wildman–Crippen MR) is 76.3 cm³/mol. The molecule has 0 aliphatic heterocycles. The Balaban J connectivity index is 3.15. The zero-order chi connectivity index (χ0) is 15.4. The molecule has 0 spiro atoms. The Morgan fingerprint density at radius 1 is 1.15 bits per heavy atom. The molecule has 0 bridgehead atoms. The van der Waals surface area contributed by atoms with Gasteiger partial charge in [-0.25, -0.2) is 8.78 Å². The molecule has 112 valence electrons. The summed E-state index contributed by atoms with van der Waals surface area (Å²) in [5.74, 6) is -2.07. The van der Waals surface area contributed by atoms with Crippen LogP contribution >= 0.6 is 0 Å². The van der Waals surface area contributed by atoms with Crippen LogP contribution in [0, 0.1) is 23.5 Å². The molecule has 2 N–H and O–H groups in total. The molecule has 0 aliphatic carbocycles. The molecule has 1 aromatic rings. The van der Waals surface area contributed by atoms with Gasteiger partial charge in [-0.15, -0.1) is 0 Å². The molecule has 0 unspecified atom stereocenters. The van der Waals surface area contributed by atoms with Gasteiger partial charge in [0.05, 0.1) is 5.69 Å². The first-order valence-corrected chi connectivity index (χ1v) is 6.76. The molecule has 0 saturated carbocycles. The Morgan fingerprint density at radius 3 is 2.10 bits per heavy atom. The SMILES string of the molecule is CC(C)CN(CC(C)C)C(=O)c1c(F)ccc(N)c1F. The van der Waals surface area contributed by atoms with E-state index in [2.05, 4.69) is 0 Å². The minimum absolute atomic E-state index is 0.213.